The van der Waals surface area contributed by atoms with Crippen LogP contribution in [0.4, 0.5) is 0 Å². The number of nitrogens with one attached hydrogen (secondary N) is 1. The Bertz CT molecular complexity index is 1190. The van der Waals surface area contributed by atoms with E-state index in [2.05, 4.69) is 44.5 Å². The molecule has 0 aliphatic heterocycles. The minimum absolute atomic E-state index is 0.190. The van der Waals surface area contributed by atoms with E-state index in [1.54, 1.807) is 22.9 Å². The number of fused-ring (bicyclic) bond motifs is 1. The fourth-order valence-electron chi connectivity index (χ4n) is 2.98. The zero-order chi connectivity index (χ0) is 20.2. The average Bonchev–Trinajstić information content (AvgIpc) is 3.19. The molecular formula is C20H19ClN6OS. The van der Waals surface area contributed by atoms with Crippen LogP contribution in [0.1, 0.15) is 31.2 Å². The quantitative estimate of drug-likeness (QED) is 0.446. The van der Waals surface area contributed by atoms with Gasteiger partial charge in [-0.3, -0.25) is 4.79 Å². The lowest BCUT2D eigenvalue weighted by Gasteiger charge is -2.06. The van der Waals surface area contributed by atoms with Crippen molar-refractivity contribution in [3.63, 3.8) is 0 Å². The molecule has 0 aliphatic rings. The van der Waals surface area contributed by atoms with E-state index in [1.807, 2.05) is 12.1 Å². The molecule has 29 heavy (non-hydrogen) atoms. The van der Waals surface area contributed by atoms with E-state index in [4.69, 9.17) is 11.6 Å². The number of halogens is 1. The molecule has 0 amide bonds. The molecule has 4 rings (SSSR count). The van der Waals surface area contributed by atoms with E-state index in [9.17, 15) is 4.79 Å². The first-order valence-electron chi connectivity index (χ1n) is 9.33. The number of aromatic nitrogens is 6. The number of tetrazole rings is 1. The molecule has 0 bridgehead atoms. The van der Waals surface area contributed by atoms with Gasteiger partial charge in [-0.2, -0.15) is 4.68 Å². The van der Waals surface area contributed by atoms with Crippen LogP contribution in [0.15, 0.2) is 52.4 Å². The SMILES string of the molecule is CCCCc1ccc(-n2nnnc2SCc2nc3cc(Cl)ccc3c(=O)[nH]2)cc1. The highest BCUT2D eigenvalue weighted by Gasteiger charge is 2.11. The number of thioether (sulfide) groups is 1. The smallest absolute Gasteiger partial charge is 0.258 e. The summed E-state index contributed by atoms with van der Waals surface area (Å²) in [7, 11) is 0. The number of hydrogen-bond donors (Lipinski definition) is 1. The lowest BCUT2D eigenvalue weighted by Crippen LogP contribution is -2.11. The van der Waals surface area contributed by atoms with Crippen molar-refractivity contribution in [2.45, 2.75) is 37.1 Å². The highest BCUT2D eigenvalue weighted by molar-refractivity contribution is 7.98. The Morgan fingerprint density at radius 1 is 1.17 bits per heavy atom. The second-order valence-corrected chi connectivity index (χ2v) is 7.98. The van der Waals surface area contributed by atoms with Gasteiger partial charge in [0.2, 0.25) is 5.16 Å². The molecule has 0 unspecified atom stereocenters. The Labute approximate surface area is 176 Å². The fourth-order valence-corrected chi connectivity index (χ4v) is 3.91. The summed E-state index contributed by atoms with van der Waals surface area (Å²) in [6.45, 7) is 2.19. The van der Waals surface area contributed by atoms with Gasteiger partial charge in [0.25, 0.3) is 5.56 Å². The van der Waals surface area contributed by atoms with Gasteiger partial charge in [-0.25, -0.2) is 4.98 Å². The molecule has 148 valence electrons. The first-order valence-corrected chi connectivity index (χ1v) is 10.7. The fraction of sp³-hybridized carbons (Fsp3) is 0.250. The van der Waals surface area contributed by atoms with Crippen molar-refractivity contribution in [1.29, 1.82) is 0 Å². The summed E-state index contributed by atoms with van der Waals surface area (Å²) in [5.74, 6) is 0.964. The normalized spacial score (nSPS) is 11.2. The molecule has 0 fully saturated rings. The monoisotopic (exact) mass is 426 g/mol. The Morgan fingerprint density at radius 2 is 2.00 bits per heavy atom. The summed E-state index contributed by atoms with van der Waals surface area (Å²) in [6, 6.07) is 13.3. The molecule has 2 aromatic heterocycles. The topological polar surface area (TPSA) is 89.3 Å². The van der Waals surface area contributed by atoms with Crippen molar-refractivity contribution in [1.82, 2.24) is 30.2 Å². The lowest BCUT2D eigenvalue weighted by molar-refractivity contribution is 0.753. The Hall–Kier alpha value is -2.71. The molecule has 2 heterocycles. The third-order valence-electron chi connectivity index (χ3n) is 4.50. The van der Waals surface area contributed by atoms with Crippen molar-refractivity contribution in [2.24, 2.45) is 0 Å². The van der Waals surface area contributed by atoms with Crippen LogP contribution in [-0.4, -0.2) is 30.2 Å². The average molecular weight is 427 g/mol. The summed E-state index contributed by atoms with van der Waals surface area (Å²) < 4.78 is 1.68. The summed E-state index contributed by atoms with van der Waals surface area (Å²) in [5.41, 5.74) is 2.57. The summed E-state index contributed by atoms with van der Waals surface area (Å²) in [4.78, 5) is 19.6. The van der Waals surface area contributed by atoms with Crippen LogP contribution in [-0.2, 0) is 12.2 Å². The summed E-state index contributed by atoms with van der Waals surface area (Å²) >= 11 is 7.42. The van der Waals surface area contributed by atoms with Crippen molar-refractivity contribution >= 4 is 34.3 Å². The number of rotatable bonds is 7. The predicted octanol–water partition coefficient (Wildman–Crippen LogP) is 4.19. The van der Waals surface area contributed by atoms with Gasteiger partial charge >= 0.3 is 0 Å². The van der Waals surface area contributed by atoms with Gasteiger partial charge in [-0.15, -0.1) is 5.10 Å². The standard InChI is InChI=1S/C20H19ClN6OS/c1-2-3-4-13-5-8-15(9-6-13)27-20(24-25-26-27)29-12-18-22-17-11-14(21)7-10-16(17)19(28)23-18/h5-11H,2-4,12H2,1H3,(H,22,23,28). The van der Waals surface area contributed by atoms with Crippen LogP contribution in [0.25, 0.3) is 16.6 Å². The maximum absolute atomic E-state index is 12.3. The largest absolute Gasteiger partial charge is 0.309 e. The van der Waals surface area contributed by atoms with E-state index in [0.717, 1.165) is 12.1 Å². The van der Waals surface area contributed by atoms with Crippen LogP contribution in [0.5, 0.6) is 0 Å². The molecule has 0 atom stereocenters. The van der Waals surface area contributed by atoms with E-state index >= 15 is 0 Å². The third-order valence-corrected chi connectivity index (χ3v) is 5.66. The Balaban J connectivity index is 1.52. The van der Waals surface area contributed by atoms with Crippen molar-refractivity contribution in [2.75, 3.05) is 0 Å². The number of aryl methyl sites for hydroxylation is 1. The van der Waals surface area contributed by atoms with E-state index in [-0.39, 0.29) is 5.56 Å². The van der Waals surface area contributed by atoms with Crippen LogP contribution >= 0.6 is 23.4 Å². The minimum Gasteiger partial charge on any atom is -0.309 e. The van der Waals surface area contributed by atoms with Gasteiger partial charge in [-0.05, 0) is 59.2 Å². The molecule has 2 aromatic carbocycles. The maximum Gasteiger partial charge on any atom is 0.258 e. The molecule has 0 radical (unpaired) electrons. The third kappa shape index (κ3) is 4.49. The number of benzene rings is 2. The first-order chi connectivity index (χ1) is 14.1. The number of H-pyrrole nitrogens is 1. The lowest BCUT2D eigenvalue weighted by atomic mass is 10.1. The zero-order valence-electron chi connectivity index (χ0n) is 15.8. The number of unbranched alkanes of at least 4 members (excludes halogenated alkanes) is 1. The van der Waals surface area contributed by atoms with Crippen molar-refractivity contribution < 1.29 is 0 Å². The van der Waals surface area contributed by atoms with Crippen LogP contribution in [0.3, 0.4) is 0 Å². The molecule has 1 N–H and O–H groups in total. The number of aromatic amines is 1. The summed E-state index contributed by atoms with van der Waals surface area (Å²) in [5, 5.41) is 13.7. The van der Waals surface area contributed by atoms with Crippen LogP contribution in [0.2, 0.25) is 5.02 Å². The second kappa shape index (κ2) is 8.75. The van der Waals surface area contributed by atoms with Gasteiger partial charge < -0.3 is 4.98 Å². The molecule has 7 nitrogen and oxygen atoms in total. The van der Waals surface area contributed by atoms with E-state index in [1.165, 1.54) is 30.2 Å². The molecule has 0 aliphatic carbocycles. The van der Waals surface area contributed by atoms with Gasteiger partial charge in [0.05, 0.1) is 22.3 Å². The molecular weight excluding hydrogens is 408 g/mol. The summed E-state index contributed by atoms with van der Waals surface area (Å²) in [6.07, 6.45) is 3.42. The zero-order valence-corrected chi connectivity index (χ0v) is 17.4. The maximum atomic E-state index is 12.3. The highest BCUT2D eigenvalue weighted by Crippen LogP contribution is 2.22. The highest BCUT2D eigenvalue weighted by atomic mass is 35.5. The molecule has 4 aromatic rings. The van der Waals surface area contributed by atoms with Gasteiger partial charge in [0, 0.05) is 5.02 Å². The molecule has 0 saturated heterocycles. The predicted molar refractivity (Wildman–Crippen MR) is 115 cm³/mol. The Kier molecular flexibility index (Phi) is 5.92. The van der Waals surface area contributed by atoms with E-state index in [0.29, 0.717) is 32.7 Å². The van der Waals surface area contributed by atoms with Gasteiger partial charge in [-0.1, -0.05) is 48.8 Å². The molecule has 0 saturated carbocycles. The Morgan fingerprint density at radius 3 is 2.79 bits per heavy atom. The molecule has 9 heteroatoms. The van der Waals surface area contributed by atoms with Gasteiger partial charge in [0.1, 0.15) is 5.82 Å². The van der Waals surface area contributed by atoms with Crippen molar-refractivity contribution in [3.05, 3.63) is 69.2 Å². The van der Waals surface area contributed by atoms with Crippen molar-refractivity contribution in [3.8, 4) is 5.69 Å². The molecule has 0 spiro atoms. The van der Waals surface area contributed by atoms with E-state index < -0.39 is 0 Å². The number of nitrogens with zero attached hydrogens (tertiary/aromatic N) is 5. The number of hydrogen-bond acceptors (Lipinski definition) is 6. The van der Waals surface area contributed by atoms with Gasteiger partial charge in [0.15, 0.2) is 0 Å². The first kappa shape index (κ1) is 19.6. The van der Waals surface area contributed by atoms with Crippen LogP contribution < -0.4 is 5.56 Å². The minimum atomic E-state index is -0.190. The van der Waals surface area contributed by atoms with Crippen LogP contribution in [0, 0.1) is 0 Å². The second-order valence-electron chi connectivity index (χ2n) is 6.61.